The van der Waals surface area contributed by atoms with Crippen LogP contribution in [0.5, 0.6) is 0 Å². The van der Waals surface area contributed by atoms with Crippen molar-refractivity contribution in [2.45, 2.75) is 13.3 Å². The van der Waals surface area contributed by atoms with Gasteiger partial charge in [-0.25, -0.2) is 4.98 Å². The number of aromatic nitrogens is 1. The standard InChI is InChI=1S/C10H17N3O/c1-9-12-10(8-14-9)2-5-13-6-3-11-4-7-13/h8,11H,2-7H2,1H3. The Kier molecular flexibility index (Phi) is 3.16. The van der Waals surface area contributed by atoms with Crippen LogP contribution in [0.2, 0.25) is 0 Å². The molecule has 0 aliphatic carbocycles. The van der Waals surface area contributed by atoms with Crippen LogP contribution in [-0.4, -0.2) is 42.6 Å². The summed E-state index contributed by atoms with van der Waals surface area (Å²) in [7, 11) is 0. The minimum absolute atomic E-state index is 0.764. The molecule has 1 N–H and O–H groups in total. The Labute approximate surface area is 84.3 Å². The highest BCUT2D eigenvalue weighted by Gasteiger charge is 2.09. The van der Waals surface area contributed by atoms with Gasteiger partial charge in [0, 0.05) is 46.1 Å². The summed E-state index contributed by atoms with van der Waals surface area (Å²) >= 11 is 0. The van der Waals surface area contributed by atoms with Crippen LogP contribution in [0.15, 0.2) is 10.7 Å². The molecule has 1 saturated heterocycles. The lowest BCUT2D eigenvalue weighted by atomic mass is 10.3. The van der Waals surface area contributed by atoms with Crippen molar-refractivity contribution in [3.8, 4) is 0 Å². The molecule has 2 heterocycles. The molecule has 4 nitrogen and oxygen atoms in total. The van der Waals surface area contributed by atoms with Crippen LogP contribution in [0.1, 0.15) is 11.6 Å². The SMILES string of the molecule is Cc1nc(CCN2CCNCC2)co1. The summed E-state index contributed by atoms with van der Waals surface area (Å²) in [4.78, 5) is 6.74. The molecule has 0 atom stereocenters. The first kappa shape index (κ1) is 9.68. The molecule has 1 aliphatic heterocycles. The van der Waals surface area contributed by atoms with Crippen molar-refractivity contribution in [2.24, 2.45) is 0 Å². The Morgan fingerprint density at radius 3 is 2.93 bits per heavy atom. The van der Waals surface area contributed by atoms with Crippen LogP contribution >= 0.6 is 0 Å². The van der Waals surface area contributed by atoms with E-state index in [2.05, 4.69) is 15.2 Å². The van der Waals surface area contributed by atoms with E-state index in [1.807, 2.05) is 6.92 Å². The third kappa shape index (κ3) is 2.56. The number of nitrogens with one attached hydrogen (secondary N) is 1. The highest BCUT2D eigenvalue weighted by molar-refractivity contribution is 4.96. The Hall–Kier alpha value is -0.870. The summed E-state index contributed by atoms with van der Waals surface area (Å²) in [5, 5.41) is 3.34. The van der Waals surface area contributed by atoms with Crippen molar-refractivity contribution >= 4 is 0 Å². The van der Waals surface area contributed by atoms with Crippen LogP contribution in [0.25, 0.3) is 0 Å². The molecule has 14 heavy (non-hydrogen) atoms. The van der Waals surface area contributed by atoms with Gasteiger partial charge >= 0.3 is 0 Å². The van der Waals surface area contributed by atoms with Crippen molar-refractivity contribution in [1.82, 2.24) is 15.2 Å². The van der Waals surface area contributed by atoms with Gasteiger partial charge in [0.05, 0.1) is 5.69 Å². The largest absolute Gasteiger partial charge is 0.449 e. The molecule has 0 saturated carbocycles. The molecule has 78 valence electrons. The van der Waals surface area contributed by atoms with Gasteiger partial charge in [0.25, 0.3) is 0 Å². The third-order valence-electron chi connectivity index (χ3n) is 2.56. The monoisotopic (exact) mass is 195 g/mol. The molecular formula is C10H17N3O. The number of hydrogen-bond acceptors (Lipinski definition) is 4. The van der Waals surface area contributed by atoms with E-state index in [-0.39, 0.29) is 0 Å². The summed E-state index contributed by atoms with van der Waals surface area (Å²) in [5.74, 6) is 0.764. The van der Waals surface area contributed by atoms with E-state index in [0.29, 0.717) is 0 Å². The molecule has 0 spiro atoms. The Bertz CT molecular complexity index is 279. The zero-order chi connectivity index (χ0) is 9.80. The minimum Gasteiger partial charge on any atom is -0.449 e. The highest BCUT2D eigenvalue weighted by Crippen LogP contribution is 2.02. The van der Waals surface area contributed by atoms with Gasteiger partial charge in [0.1, 0.15) is 6.26 Å². The average molecular weight is 195 g/mol. The predicted octanol–water partition coefficient (Wildman–Crippen LogP) is 0.431. The molecule has 2 rings (SSSR count). The van der Waals surface area contributed by atoms with Gasteiger partial charge in [-0.3, -0.25) is 0 Å². The number of aryl methyl sites for hydroxylation is 1. The first-order valence-corrected chi connectivity index (χ1v) is 5.19. The maximum Gasteiger partial charge on any atom is 0.191 e. The summed E-state index contributed by atoms with van der Waals surface area (Å²) in [5.41, 5.74) is 1.07. The van der Waals surface area contributed by atoms with E-state index in [1.54, 1.807) is 6.26 Å². The Balaban J connectivity index is 1.76. The van der Waals surface area contributed by atoms with Crippen LogP contribution in [-0.2, 0) is 6.42 Å². The number of hydrogen-bond donors (Lipinski definition) is 1. The smallest absolute Gasteiger partial charge is 0.191 e. The first-order valence-electron chi connectivity index (χ1n) is 5.19. The van der Waals surface area contributed by atoms with Crippen molar-refractivity contribution < 1.29 is 4.42 Å². The fraction of sp³-hybridized carbons (Fsp3) is 0.700. The molecule has 1 aliphatic rings. The second kappa shape index (κ2) is 4.57. The lowest BCUT2D eigenvalue weighted by Gasteiger charge is -2.26. The molecule has 0 amide bonds. The zero-order valence-electron chi connectivity index (χ0n) is 8.62. The summed E-state index contributed by atoms with van der Waals surface area (Å²) < 4.78 is 5.16. The van der Waals surface area contributed by atoms with Crippen molar-refractivity contribution in [2.75, 3.05) is 32.7 Å². The second-order valence-corrected chi connectivity index (χ2v) is 3.70. The van der Waals surface area contributed by atoms with Gasteiger partial charge in [0.15, 0.2) is 5.89 Å². The minimum atomic E-state index is 0.764. The quantitative estimate of drug-likeness (QED) is 0.759. The lowest BCUT2D eigenvalue weighted by molar-refractivity contribution is 0.243. The van der Waals surface area contributed by atoms with Crippen LogP contribution in [0, 0.1) is 6.92 Å². The third-order valence-corrected chi connectivity index (χ3v) is 2.56. The van der Waals surface area contributed by atoms with Gasteiger partial charge in [0.2, 0.25) is 0 Å². The van der Waals surface area contributed by atoms with Crippen molar-refractivity contribution in [3.05, 3.63) is 17.8 Å². The van der Waals surface area contributed by atoms with Crippen LogP contribution < -0.4 is 5.32 Å². The molecule has 0 bridgehead atoms. The summed E-state index contributed by atoms with van der Waals surface area (Å²) in [6.07, 6.45) is 2.76. The molecule has 1 fully saturated rings. The van der Waals surface area contributed by atoms with Gasteiger partial charge in [-0.05, 0) is 0 Å². The van der Waals surface area contributed by atoms with E-state index in [0.717, 1.165) is 50.7 Å². The van der Waals surface area contributed by atoms with E-state index >= 15 is 0 Å². The Morgan fingerprint density at radius 2 is 2.29 bits per heavy atom. The van der Waals surface area contributed by atoms with Crippen LogP contribution in [0.4, 0.5) is 0 Å². The number of piperazine rings is 1. The predicted molar refractivity (Wildman–Crippen MR) is 54.3 cm³/mol. The fourth-order valence-corrected chi connectivity index (χ4v) is 1.73. The lowest BCUT2D eigenvalue weighted by Crippen LogP contribution is -2.44. The Morgan fingerprint density at radius 1 is 1.50 bits per heavy atom. The molecule has 0 radical (unpaired) electrons. The van der Waals surface area contributed by atoms with Crippen molar-refractivity contribution in [1.29, 1.82) is 0 Å². The zero-order valence-corrected chi connectivity index (χ0v) is 8.62. The van der Waals surface area contributed by atoms with E-state index in [9.17, 15) is 0 Å². The van der Waals surface area contributed by atoms with E-state index < -0.39 is 0 Å². The van der Waals surface area contributed by atoms with Crippen molar-refractivity contribution in [3.63, 3.8) is 0 Å². The maximum absolute atomic E-state index is 5.16. The van der Waals surface area contributed by atoms with Gasteiger partial charge in [-0.2, -0.15) is 0 Å². The number of oxazole rings is 1. The van der Waals surface area contributed by atoms with Gasteiger partial charge < -0.3 is 14.6 Å². The average Bonchev–Trinajstić information content (AvgIpc) is 2.63. The highest BCUT2D eigenvalue weighted by atomic mass is 16.3. The topological polar surface area (TPSA) is 41.3 Å². The number of rotatable bonds is 3. The second-order valence-electron chi connectivity index (χ2n) is 3.70. The number of nitrogens with zero attached hydrogens (tertiary/aromatic N) is 2. The van der Waals surface area contributed by atoms with Crippen LogP contribution in [0.3, 0.4) is 0 Å². The molecule has 1 aromatic heterocycles. The van der Waals surface area contributed by atoms with E-state index in [4.69, 9.17) is 4.42 Å². The fourth-order valence-electron chi connectivity index (χ4n) is 1.73. The molecule has 0 unspecified atom stereocenters. The maximum atomic E-state index is 5.16. The van der Waals surface area contributed by atoms with Gasteiger partial charge in [-0.1, -0.05) is 0 Å². The molecule has 0 aromatic carbocycles. The molecule has 4 heteroatoms. The normalized spacial score (nSPS) is 18.6. The van der Waals surface area contributed by atoms with Gasteiger partial charge in [-0.15, -0.1) is 0 Å². The molecule has 1 aromatic rings. The van der Waals surface area contributed by atoms with E-state index in [1.165, 1.54) is 0 Å². The molecular weight excluding hydrogens is 178 g/mol. The first-order chi connectivity index (χ1) is 6.84. The summed E-state index contributed by atoms with van der Waals surface area (Å²) in [6, 6.07) is 0. The summed E-state index contributed by atoms with van der Waals surface area (Å²) in [6.45, 7) is 7.49.